The molecule has 1 unspecified atom stereocenters. The van der Waals surface area contributed by atoms with Crippen LogP contribution in [0, 0.1) is 13.8 Å². The van der Waals surface area contributed by atoms with Gasteiger partial charge in [-0.3, -0.25) is 10.1 Å². The molecule has 1 saturated heterocycles. The number of likely N-dealkylation sites (tertiary alicyclic amines) is 1. The number of hydrogen-bond donors (Lipinski definition) is 1. The second-order valence-electron chi connectivity index (χ2n) is 7.95. The number of furan rings is 1. The summed E-state index contributed by atoms with van der Waals surface area (Å²) < 4.78 is 12.4. The van der Waals surface area contributed by atoms with E-state index in [4.69, 9.17) is 9.15 Å². The minimum atomic E-state index is -0.557. The number of carbonyl (C=O) groups is 2. The van der Waals surface area contributed by atoms with Gasteiger partial charge in [0, 0.05) is 13.1 Å². The fourth-order valence-corrected chi connectivity index (χ4v) is 3.19. The number of piperidine rings is 1. The van der Waals surface area contributed by atoms with Gasteiger partial charge in [-0.1, -0.05) is 5.10 Å². The Hall–Kier alpha value is -2.91. The zero-order chi connectivity index (χ0) is 20.5. The summed E-state index contributed by atoms with van der Waals surface area (Å²) in [7, 11) is 0. The zero-order valence-electron chi connectivity index (χ0n) is 16.9. The van der Waals surface area contributed by atoms with Gasteiger partial charge in [-0.25, -0.2) is 9.48 Å². The molecule has 10 heteroatoms. The van der Waals surface area contributed by atoms with Crippen LogP contribution < -0.4 is 5.32 Å². The lowest BCUT2D eigenvalue weighted by atomic mass is 10.1. The molecule has 2 aromatic heterocycles. The summed E-state index contributed by atoms with van der Waals surface area (Å²) in [4.78, 5) is 26.6. The van der Waals surface area contributed by atoms with E-state index in [1.165, 1.54) is 0 Å². The van der Waals surface area contributed by atoms with Gasteiger partial charge >= 0.3 is 6.09 Å². The Morgan fingerprint density at radius 1 is 1.32 bits per heavy atom. The number of rotatable bonds is 3. The molecule has 3 rings (SSSR count). The third-order valence-electron chi connectivity index (χ3n) is 4.40. The number of hydrogen-bond acceptors (Lipinski definition) is 7. The molecule has 0 aliphatic carbocycles. The van der Waals surface area contributed by atoms with E-state index in [0.717, 1.165) is 12.8 Å². The summed E-state index contributed by atoms with van der Waals surface area (Å²) in [6.07, 6.45) is 1.22. The van der Waals surface area contributed by atoms with Crippen LogP contribution >= 0.6 is 0 Å². The highest BCUT2D eigenvalue weighted by molar-refractivity contribution is 6.04. The number of tetrazole rings is 1. The van der Waals surface area contributed by atoms with E-state index >= 15 is 0 Å². The first-order valence-corrected chi connectivity index (χ1v) is 9.28. The lowest BCUT2D eigenvalue weighted by Gasteiger charge is -2.34. The molecule has 1 aliphatic heterocycles. The minimum absolute atomic E-state index is 0.154. The van der Waals surface area contributed by atoms with Crippen LogP contribution in [0.3, 0.4) is 0 Å². The fraction of sp³-hybridized carbons (Fsp3) is 0.611. The van der Waals surface area contributed by atoms with Gasteiger partial charge in [0.1, 0.15) is 17.1 Å². The molecule has 0 spiro atoms. The molecule has 0 saturated carbocycles. The fourth-order valence-electron chi connectivity index (χ4n) is 3.19. The molecule has 0 radical (unpaired) electrons. The van der Waals surface area contributed by atoms with Crippen molar-refractivity contribution in [1.82, 2.24) is 25.1 Å². The molecule has 0 bridgehead atoms. The third kappa shape index (κ3) is 4.49. The number of anilines is 1. The molecule has 152 valence electrons. The van der Waals surface area contributed by atoms with Crippen molar-refractivity contribution in [2.45, 2.75) is 59.1 Å². The number of nitrogens with one attached hydrogen (secondary N) is 1. The largest absolute Gasteiger partial charge is 0.466 e. The molecule has 1 aliphatic rings. The molecule has 1 N–H and O–H groups in total. The molecule has 1 atom stereocenters. The van der Waals surface area contributed by atoms with Crippen molar-refractivity contribution in [2.75, 3.05) is 18.4 Å². The molecule has 3 heterocycles. The normalized spacial score (nSPS) is 17.5. The van der Waals surface area contributed by atoms with Crippen LogP contribution in [0.25, 0.3) is 0 Å². The first-order chi connectivity index (χ1) is 13.1. The standard InChI is InChI=1S/C18H26N6O4/c1-11-9-14(12(2)27-11)15(25)19-16-20-21-22-24(16)13-7-6-8-23(10-13)17(26)28-18(3,4)5/h9,13H,6-8,10H2,1-5H3,(H,19,20,22,25). The van der Waals surface area contributed by atoms with Crippen molar-refractivity contribution >= 4 is 17.9 Å². The lowest BCUT2D eigenvalue weighted by Crippen LogP contribution is -2.43. The first kappa shape index (κ1) is 19.8. The van der Waals surface area contributed by atoms with Gasteiger partial charge in [-0.2, -0.15) is 0 Å². The van der Waals surface area contributed by atoms with Crippen LogP contribution in [-0.2, 0) is 4.74 Å². The molecule has 2 amide bonds. The summed E-state index contributed by atoms with van der Waals surface area (Å²) in [5.41, 5.74) is -0.121. The Morgan fingerprint density at radius 3 is 2.71 bits per heavy atom. The topological polar surface area (TPSA) is 115 Å². The van der Waals surface area contributed by atoms with Crippen molar-refractivity contribution in [3.8, 4) is 0 Å². The van der Waals surface area contributed by atoms with Crippen molar-refractivity contribution in [3.63, 3.8) is 0 Å². The number of carbonyl (C=O) groups excluding carboxylic acids is 2. The predicted molar refractivity (Wildman–Crippen MR) is 100 cm³/mol. The summed E-state index contributed by atoms with van der Waals surface area (Å²) in [5, 5.41) is 14.4. The first-order valence-electron chi connectivity index (χ1n) is 9.28. The predicted octanol–water partition coefficient (Wildman–Crippen LogP) is 2.71. The number of aryl methyl sites for hydroxylation is 2. The van der Waals surface area contributed by atoms with Crippen molar-refractivity contribution < 1.29 is 18.7 Å². The Bertz CT molecular complexity index is 866. The van der Waals surface area contributed by atoms with Crippen molar-refractivity contribution in [3.05, 3.63) is 23.2 Å². The molecular weight excluding hydrogens is 364 g/mol. The van der Waals surface area contributed by atoms with E-state index in [1.807, 2.05) is 20.8 Å². The summed E-state index contributed by atoms with van der Waals surface area (Å²) in [5.74, 6) is 1.08. The van der Waals surface area contributed by atoms with Gasteiger partial charge in [0.15, 0.2) is 0 Å². The van der Waals surface area contributed by atoms with Crippen LogP contribution in [0.1, 0.15) is 61.5 Å². The second kappa shape index (κ2) is 7.61. The van der Waals surface area contributed by atoms with Gasteiger partial charge in [0.05, 0.1) is 11.6 Å². The summed E-state index contributed by atoms with van der Waals surface area (Å²) in [6.45, 7) is 10.0. The molecule has 1 fully saturated rings. The van der Waals surface area contributed by atoms with E-state index < -0.39 is 5.60 Å². The van der Waals surface area contributed by atoms with E-state index in [-0.39, 0.29) is 24.0 Å². The molecule has 28 heavy (non-hydrogen) atoms. The SMILES string of the molecule is Cc1cc(C(=O)Nc2nnnn2C2CCCN(C(=O)OC(C)(C)C)C2)c(C)o1. The summed E-state index contributed by atoms with van der Waals surface area (Å²) >= 11 is 0. The van der Waals surface area contributed by atoms with Crippen LogP contribution in [0.4, 0.5) is 10.7 Å². The minimum Gasteiger partial charge on any atom is -0.466 e. The van der Waals surface area contributed by atoms with Gasteiger partial charge in [0.2, 0.25) is 5.95 Å². The Morgan fingerprint density at radius 2 is 2.07 bits per heavy atom. The number of ether oxygens (including phenoxy) is 1. The average Bonchev–Trinajstić information content (AvgIpc) is 3.19. The molecule has 2 aromatic rings. The number of nitrogens with zero attached hydrogens (tertiary/aromatic N) is 5. The maximum Gasteiger partial charge on any atom is 0.410 e. The highest BCUT2D eigenvalue weighted by Gasteiger charge is 2.30. The van der Waals surface area contributed by atoms with Crippen LogP contribution in [0.5, 0.6) is 0 Å². The number of aromatic nitrogens is 4. The zero-order valence-corrected chi connectivity index (χ0v) is 16.9. The van der Waals surface area contributed by atoms with Crippen molar-refractivity contribution in [1.29, 1.82) is 0 Å². The molecule has 0 aromatic carbocycles. The van der Waals surface area contributed by atoms with Gasteiger partial charge in [0.25, 0.3) is 5.91 Å². The third-order valence-corrected chi connectivity index (χ3v) is 4.40. The van der Waals surface area contributed by atoms with Gasteiger partial charge in [-0.05, 0) is 64.0 Å². The molecule has 10 nitrogen and oxygen atoms in total. The van der Waals surface area contributed by atoms with Crippen LogP contribution in [0.15, 0.2) is 10.5 Å². The maximum absolute atomic E-state index is 12.5. The summed E-state index contributed by atoms with van der Waals surface area (Å²) in [6, 6.07) is 1.52. The Labute approximate surface area is 163 Å². The quantitative estimate of drug-likeness (QED) is 0.856. The molecular formula is C18H26N6O4. The van der Waals surface area contributed by atoms with Gasteiger partial charge < -0.3 is 14.1 Å². The maximum atomic E-state index is 12.5. The highest BCUT2D eigenvalue weighted by Crippen LogP contribution is 2.25. The smallest absolute Gasteiger partial charge is 0.410 e. The second-order valence-corrected chi connectivity index (χ2v) is 7.95. The monoisotopic (exact) mass is 390 g/mol. The number of amides is 2. The Kier molecular flexibility index (Phi) is 5.39. The van der Waals surface area contributed by atoms with E-state index in [1.54, 1.807) is 29.5 Å². The van der Waals surface area contributed by atoms with Crippen LogP contribution in [0.2, 0.25) is 0 Å². The average molecular weight is 390 g/mol. The van der Waals surface area contributed by atoms with E-state index in [2.05, 4.69) is 20.8 Å². The highest BCUT2D eigenvalue weighted by atomic mass is 16.6. The van der Waals surface area contributed by atoms with Crippen molar-refractivity contribution in [2.24, 2.45) is 0 Å². The van der Waals surface area contributed by atoms with Crippen LogP contribution in [-0.4, -0.2) is 55.8 Å². The lowest BCUT2D eigenvalue weighted by molar-refractivity contribution is 0.0167. The van der Waals surface area contributed by atoms with E-state index in [9.17, 15) is 9.59 Å². The Balaban J connectivity index is 1.71. The van der Waals surface area contributed by atoms with E-state index in [0.29, 0.717) is 30.2 Å². The van der Waals surface area contributed by atoms with Gasteiger partial charge in [-0.15, -0.1) is 0 Å².